The smallest absolute Gasteiger partial charge is 0.139 e. The van der Waals surface area contributed by atoms with Crippen LogP contribution in [-0.2, 0) is 18.3 Å². The van der Waals surface area contributed by atoms with Gasteiger partial charge in [-0.25, -0.2) is 0 Å². The Morgan fingerprint density at radius 3 is 2.62 bits per heavy atom. The monoisotopic (exact) mass is 286 g/mol. The molecule has 1 heterocycles. The summed E-state index contributed by atoms with van der Waals surface area (Å²) >= 11 is 0. The quantitative estimate of drug-likeness (QED) is 0.848. The summed E-state index contributed by atoms with van der Waals surface area (Å²) in [6.45, 7) is 2.44. The number of rotatable bonds is 4. The summed E-state index contributed by atoms with van der Waals surface area (Å²) < 4.78 is 1.90. The number of aromatic nitrogens is 2. The molecular weight excluding hydrogens is 260 g/mol. The first-order valence-electron chi connectivity index (χ1n) is 8.48. The van der Waals surface area contributed by atoms with Gasteiger partial charge in [-0.3, -0.25) is 9.48 Å². The summed E-state index contributed by atoms with van der Waals surface area (Å²) in [4.78, 5) is 13.0. The Bertz CT molecular complexity index is 560. The number of ketones is 1. The number of hydrogen-bond acceptors (Lipinski definition) is 2. The van der Waals surface area contributed by atoms with Gasteiger partial charge >= 0.3 is 0 Å². The molecule has 114 valence electrons. The molecule has 4 saturated carbocycles. The van der Waals surface area contributed by atoms with Crippen molar-refractivity contribution >= 4 is 5.78 Å². The van der Waals surface area contributed by atoms with Crippen LogP contribution in [0.1, 0.15) is 57.6 Å². The van der Waals surface area contributed by atoms with Crippen molar-refractivity contribution in [2.45, 2.75) is 58.3 Å². The fourth-order valence-corrected chi connectivity index (χ4v) is 6.20. The number of hydrogen-bond donors (Lipinski definition) is 0. The van der Waals surface area contributed by atoms with Crippen molar-refractivity contribution < 1.29 is 4.79 Å². The van der Waals surface area contributed by atoms with Crippen LogP contribution >= 0.6 is 0 Å². The average Bonchev–Trinajstić information content (AvgIpc) is 2.78. The zero-order chi connectivity index (χ0) is 14.7. The summed E-state index contributed by atoms with van der Waals surface area (Å²) in [5.41, 5.74) is 1.68. The van der Waals surface area contributed by atoms with Crippen LogP contribution in [0, 0.1) is 22.7 Å². The van der Waals surface area contributed by atoms with E-state index in [2.05, 4.69) is 12.0 Å². The van der Waals surface area contributed by atoms with Crippen LogP contribution in [0.25, 0.3) is 0 Å². The Hall–Kier alpha value is -1.12. The largest absolute Gasteiger partial charge is 0.299 e. The summed E-state index contributed by atoms with van der Waals surface area (Å²) in [7, 11) is 1.96. The SMILES string of the molecule is Cn1nccc1CCC(=O)C12CC3CC(CC(C)(C3)C1)C2. The highest BCUT2D eigenvalue weighted by atomic mass is 16.1. The highest BCUT2D eigenvalue weighted by Crippen LogP contribution is 2.65. The van der Waals surface area contributed by atoms with Crippen molar-refractivity contribution in [1.29, 1.82) is 0 Å². The van der Waals surface area contributed by atoms with Gasteiger partial charge in [0.15, 0.2) is 0 Å². The van der Waals surface area contributed by atoms with Gasteiger partial charge in [-0.1, -0.05) is 6.92 Å². The zero-order valence-electron chi connectivity index (χ0n) is 13.3. The van der Waals surface area contributed by atoms with Crippen LogP contribution in [0.15, 0.2) is 12.3 Å². The van der Waals surface area contributed by atoms with Gasteiger partial charge in [-0.05, 0) is 68.3 Å². The Morgan fingerprint density at radius 1 is 1.33 bits per heavy atom. The number of nitrogens with zero attached hydrogens (tertiary/aromatic N) is 2. The lowest BCUT2D eigenvalue weighted by Crippen LogP contribution is -2.54. The maximum atomic E-state index is 13.0. The van der Waals surface area contributed by atoms with Crippen molar-refractivity contribution in [2.75, 3.05) is 0 Å². The molecule has 0 amide bonds. The number of carbonyl (C=O) groups is 1. The molecule has 0 aliphatic heterocycles. The summed E-state index contributed by atoms with van der Waals surface area (Å²) in [6, 6.07) is 2.04. The minimum atomic E-state index is 0.0391. The molecule has 4 bridgehead atoms. The van der Waals surface area contributed by atoms with Crippen molar-refractivity contribution in [3.63, 3.8) is 0 Å². The maximum absolute atomic E-state index is 13.0. The molecule has 21 heavy (non-hydrogen) atoms. The van der Waals surface area contributed by atoms with E-state index in [0.717, 1.165) is 24.7 Å². The van der Waals surface area contributed by atoms with Crippen LogP contribution in [0.3, 0.4) is 0 Å². The Kier molecular flexibility index (Phi) is 2.86. The van der Waals surface area contributed by atoms with Gasteiger partial charge in [0, 0.05) is 30.8 Å². The first kappa shape index (κ1) is 13.5. The third-order valence-electron chi connectivity index (χ3n) is 6.48. The first-order valence-corrected chi connectivity index (χ1v) is 8.48. The van der Waals surface area contributed by atoms with Crippen molar-refractivity contribution in [1.82, 2.24) is 9.78 Å². The minimum absolute atomic E-state index is 0.0391. The molecule has 0 aromatic carbocycles. The first-order chi connectivity index (χ1) is 9.98. The fourth-order valence-electron chi connectivity index (χ4n) is 6.20. The molecular formula is C18H26N2O. The van der Waals surface area contributed by atoms with E-state index >= 15 is 0 Å². The van der Waals surface area contributed by atoms with Gasteiger partial charge in [-0.15, -0.1) is 0 Å². The fraction of sp³-hybridized carbons (Fsp3) is 0.778. The van der Waals surface area contributed by atoms with Gasteiger partial charge in [0.2, 0.25) is 0 Å². The second kappa shape index (κ2) is 4.44. The highest BCUT2D eigenvalue weighted by molar-refractivity contribution is 5.85. The van der Waals surface area contributed by atoms with Crippen LogP contribution in [0.4, 0.5) is 0 Å². The predicted molar refractivity (Wildman–Crippen MR) is 81.8 cm³/mol. The number of aryl methyl sites for hydroxylation is 2. The van der Waals surface area contributed by atoms with Gasteiger partial charge in [0.1, 0.15) is 5.78 Å². The van der Waals surface area contributed by atoms with Gasteiger partial charge < -0.3 is 0 Å². The lowest BCUT2D eigenvalue weighted by atomic mass is 9.43. The standard InChI is InChI=1S/C18H26N2O/c1-17-8-13-7-14(9-17)11-18(10-13,12-17)16(21)4-3-15-5-6-19-20(15)2/h5-6,13-14H,3-4,7-12H2,1-2H3. The molecule has 3 nitrogen and oxygen atoms in total. The normalized spacial score (nSPS) is 40.7. The van der Waals surface area contributed by atoms with Gasteiger partial charge in [0.25, 0.3) is 0 Å². The lowest BCUT2D eigenvalue weighted by molar-refractivity contribution is -0.153. The molecule has 5 rings (SSSR count). The molecule has 3 heteroatoms. The molecule has 2 atom stereocenters. The minimum Gasteiger partial charge on any atom is -0.299 e. The van der Waals surface area contributed by atoms with Crippen LogP contribution in [-0.4, -0.2) is 15.6 Å². The third kappa shape index (κ3) is 2.16. The van der Waals surface area contributed by atoms with Gasteiger partial charge in [-0.2, -0.15) is 5.10 Å². The molecule has 2 unspecified atom stereocenters. The number of Topliss-reactive ketones (excluding diaryl/α,β-unsaturated/α-hetero) is 1. The van der Waals surface area contributed by atoms with Crippen LogP contribution < -0.4 is 0 Å². The van der Waals surface area contributed by atoms with Crippen molar-refractivity contribution in [3.8, 4) is 0 Å². The van der Waals surface area contributed by atoms with E-state index in [1.807, 2.05) is 24.0 Å². The zero-order valence-corrected chi connectivity index (χ0v) is 13.3. The Balaban J connectivity index is 1.50. The molecule has 0 saturated heterocycles. The Morgan fingerprint density at radius 2 is 2.05 bits per heavy atom. The van der Waals surface area contributed by atoms with E-state index in [0.29, 0.717) is 17.6 Å². The van der Waals surface area contributed by atoms with E-state index in [1.165, 1.54) is 37.8 Å². The van der Waals surface area contributed by atoms with Crippen LogP contribution in [0.2, 0.25) is 0 Å². The van der Waals surface area contributed by atoms with Crippen LogP contribution in [0.5, 0.6) is 0 Å². The second-order valence-electron chi connectivity index (χ2n) is 8.42. The molecule has 4 fully saturated rings. The molecule has 0 N–H and O–H groups in total. The maximum Gasteiger partial charge on any atom is 0.139 e. The van der Waals surface area contributed by atoms with E-state index in [9.17, 15) is 4.79 Å². The van der Waals surface area contributed by atoms with E-state index < -0.39 is 0 Å². The molecule has 4 aliphatic rings. The molecule has 0 spiro atoms. The lowest BCUT2D eigenvalue weighted by Gasteiger charge is -2.60. The molecule has 1 aromatic rings. The number of carbonyl (C=O) groups excluding carboxylic acids is 1. The van der Waals surface area contributed by atoms with Crippen molar-refractivity contribution in [3.05, 3.63) is 18.0 Å². The predicted octanol–water partition coefficient (Wildman–Crippen LogP) is 3.53. The van der Waals surface area contributed by atoms with E-state index in [4.69, 9.17) is 0 Å². The highest BCUT2D eigenvalue weighted by Gasteiger charge is 2.58. The topological polar surface area (TPSA) is 34.9 Å². The molecule has 4 aliphatic carbocycles. The summed E-state index contributed by atoms with van der Waals surface area (Å²) in [5.74, 6) is 2.21. The average molecular weight is 286 g/mol. The Labute approximate surface area is 127 Å². The molecule has 1 aromatic heterocycles. The summed E-state index contributed by atoms with van der Waals surface area (Å²) in [5, 5.41) is 4.20. The molecule has 0 radical (unpaired) electrons. The summed E-state index contributed by atoms with van der Waals surface area (Å²) in [6.07, 6.45) is 11.1. The van der Waals surface area contributed by atoms with Gasteiger partial charge in [0.05, 0.1) is 0 Å². The second-order valence-corrected chi connectivity index (χ2v) is 8.42. The third-order valence-corrected chi connectivity index (χ3v) is 6.48. The van der Waals surface area contributed by atoms with Crippen molar-refractivity contribution in [2.24, 2.45) is 29.7 Å². The van der Waals surface area contributed by atoms with E-state index in [1.54, 1.807) is 0 Å². The van der Waals surface area contributed by atoms with E-state index in [-0.39, 0.29) is 5.41 Å².